The molecule has 94 valence electrons. The molecule has 0 unspecified atom stereocenters. The molecule has 2 aromatic heterocycles. The van der Waals surface area contributed by atoms with Gasteiger partial charge in [-0.15, -0.1) is 0 Å². The van der Waals surface area contributed by atoms with E-state index in [4.69, 9.17) is 22.5 Å². The van der Waals surface area contributed by atoms with Crippen LogP contribution in [-0.2, 0) is 0 Å². The number of aromatic nitrogens is 2. The molecule has 0 bridgehead atoms. The van der Waals surface area contributed by atoms with Crippen molar-refractivity contribution < 1.29 is 0 Å². The first-order valence-electron chi connectivity index (χ1n) is 5.13. The average molecular weight is 282 g/mol. The molecule has 0 aliphatic carbocycles. The van der Waals surface area contributed by atoms with Crippen LogP contribution in [0.4, 0.5) is 5.69 Å². The number of pyridine rings is 2. The van der Waals surface area contributed by atoms with Crippen molar-refractivity contribution in [1.82, 2.24) is 9.97 Å². The fourth-order valence-electron chi connectivity index (χ4n) is 1.56. The molecule has 5 N–H and O–H groups in total. The van der Waals surface area contributed by atoms with Gasteiger partial charge in [-0.2, -0.15) is 0 Å². The second-order valence-corrected chi connectivity index (χ2v) is 4.73. The summed E-state index contributed by atoms with van der Waals surface area (Å²) in [4.78, 5) is 8.57. The maximum atomic E-state index is 5.88. The smallest absolute Gasteiger partial charge is 0.161 e. The average Bonchev–Trinajstić information content (AvgIpc) is 2.44. The first kappa shape index (κ1) is 12.9. The number of nitrogens with zero attached hydrogens (tertiary/aromatic N) is 2. The summed E-state index contributed by atoms with van der Waals surface area (Å²) in [6.07, 6.45) is 1.68. The fourth-order valence-corrected chi connectivity index (χ4v) is 1.89. The molecule has 0 saturated heterocycles. The Labute approximate surface area is 114 Å². The zero-order valence-corrected chi connectivity index (χ0v) is 11.2. The predicted molar refractivity (Wildman–Crippen MR) is 77.8 cm³/mol. The summed E-state index contributed by atoms with van der Waals surface area (Å²) < 4.78 is 0.312. The summed E-state index contributed by atoms with van der Waals surface area (Å²) >= 11 is 6.77. The van der Waals surface area contributed by atoms with Crippen LogP contribution in [0.1, 0.15) is 5.69 Å². The third-order valence-corrected chi connectivity index (χ3v) is 3.36. The lowest BCUT2D eigenvalue weighted by molar-refractivity contribution is 1.24. The summed E-state index contributed by atoms with van der Waals surface area (Å²) in [6, 6.07) is 5.57. The van der Waals surface area contributed by atoms with Gasteiger partial charge in [0.2, 0.25) is 0 Å². The zero-order chi connectivity index (χ0) is 13.1. The molecule has 0 fully saturated rings. The van der Waals surface area contributed by atoms with E-state index in [0.717, 1.165) is 23.0 Å². The van der Waals surface area contributed by atoms with Crippen molar-refractivity contribution in [2.75, 3.05) is 12.4 Å². The lowest BCUT2D eigenvalue weighted by Gasteiger charge is -2.07. The lowest BCUT2D eigenvalue weighted by Crippen LogP contribution is -2.02. The van der Waals surface area contributed by atoms with Gasteiger partial charge in [0.05, 0.1) is 11.4 Å². The minimum absolute atomic E-state index is 0.312. The quantitative estimate of drug-likeness (QED) is 0.747. The number of nitrogens with two attached hydrogens (primary N) is 2. The minimum Gasteiger partial charge on any atom is -0.395 e. The summed E-state index contributed by atoms with van der Waals surface area (Å²) in [6.45, 7) is 0. The fraction of sp³-hybridized carbons (Fsp3) is 0.0909. The minimum atomic E-state index is 0.312. The van der Waals surface area contributed by atoms with E-state index >= 15 is 0 Å². The molecule has 0 aliphatic heterocycles. The van der Waals surface area contributed by atoms with Crippen molar-refractivity contribution in [3.63, 3.8) is 0 Å². The second-order valence-electron chi connectivity index (χ2n) is 3.48. The maximum Gasteiger partial charge on any atom is 0.161 e. The van der Waals surface area contributed by atoms with Crippen molar-refractivity contribution in [2.24, 2.45) is 10.9 Å². The van der Waals surface area contributed by atoms with Crippen molar-refractivity contribution in [3.8, 4) is 0 Å². The van der Waals surface area contributed by atoms with Gasteiger partial charge in [-0.1, -0.05) is 11.6 Å². The molecule has 2 aromatic rings. The van der Waals surface area contributed by atoms with Crippen molar-refractivity contribution >= 4 is 46.0 Å². The van der Waals surface area contributed by atoms with Crippen molar-refractivity contribution in [2.45, 2.75) is 0 Å². The Hall–Kier alpha value is -1.50. The van der Waals surface area contributed by atoms with Crippen LogP contribution in [0.2, 0.25) is 0 Å². The molecule has 2 rings (SSSR count). The van der Waals surface area contributed by atoms with Crippen LogP contribution in [-0.4, -0.2) is 17.0 Å². The largest absolute Gasteiger partial charge is 0.395 e. The Morgan fingerprint density at radius 3 is 2.83 bits per heavy atom. The number of halogens is 1. The highest BCUT2D eigenvalue weighted by atomic mass is 35.5. The SMILES string of the molecule is CNc1ccnc2nc(/C(N)=C(\Cl)SN)ccc12. The predicted octanol–water partition coefficient (Wildman–Crippen LogP) is 2.10. The molecule has 0 saturated carbocycles. The van der Waals surface area contributed by atoms with E-state index in [1.54, 1.807) is 12.3 Å². The molecular weight excluding hydrogens is 270 g/mol. The van der Waals surface area contributed by atoms with Crippen molar-refractivity contribution in [1.29, 1.82) is 0 Å². The van der Waals surface area contributed by atoms with Gasteiger partial charge in [-0.3, -0.25) is 5.14 Å². The molecule has 18 heavy (non-hydrogen) atoms. The normalized spacial score (nSPS) is 12.4. The van der Waals surface area contributed by atoms with Gasteiger partial charge in [0, 0.05) is 24.3 Å². The van der Waals surface area contributed by atoms with E-state index in [1.807, 2.05) is 19.2 Å². The van der Waals surface area contributed by atoms with Gasteiger partial charge < -0.3 is 11.1 Å². The second kappa shape index (κ2) is 5.43. The monoisotopic (exact) mass is 281 g/mol. The molecule has 0 aromatic carbocycles. The standard InChI is InChI=1S/C11H12ClN5S/c1-15-7-4-5-16-11-6(7)2-3-8(17-11)9(13)10(12)18-14/h2-5H,13-14H2,1H3,(H,15,16,17)/b10-9-. The van der Waals surface area contributed by atoms with Gasteiger partial charge in [-0.25, -0.2) is 9.97 Å². The van der Waals surface area contributed by atoms with Crippen LogP contribution in [0.5, 0.6) is 0 Å². The number of hydrogen-bond donors (Lipinski definition) is 3. The highest BCUT2D eigenvalue weighted by Crippen LogP contribution is 2.25. The van der Waals surface area contributed by atoms with E-state index in [-0.39, 0.29) is 0 Å². The number of hydrogen-bond acceptors (Lipinski definition) is 6. The number of rotatable bonds is 3. The first-order valence-corrected chi connectivity index (χ1v) is 6.39. The Morgan fingerprint density at radius 1 is 1.39 bits per heavy atom. The molecule has 0 atom stereocenters. The van der Waals surface area contributed by atoms with Gasteiger partial charge in [0.15, 0.2) is 5.65 Å². The Balaban J connectivity index is 2.59. The van der Waals surface area contributed by atoms with Gasteiger partial charge >= 0.3 is 0 Å². The molecular formula is C11H12ClN5S. The molecule has 0 aliphatic rings. The molecule has 7 heteroatoms. The Morgan fingerprint density at radius 2 is 2.17 bits per heavy atom. The first-order chi connectivity index (χ1) is 8.67. The van der Waals surface area contributed by atoms with Crippen LogP contribution < -0.4 is 16.2 Å². The summed E-state index contributed by atoms with van der Waals surface area (Å²) in [5.41, 5.74) is 8.33. The highest BCUT2D eigenvalue weighted by molar-refractivity contribution is 8.02. The van der Waals surface area contributed by atoms with Crippen LogP contribution in [0.15, 0.2) is 28.8 Å². The zero-order valence-electron chi connectivity index (χ0n) is 9.64. The lowest BCUT2D eigenvalue weighted by atomic mass is 10.2. The molecule has 2 heterocycles. The Bertz CT molecular complexity index is 613. The van der Waals surface area contributed by atoms with Gasteiger partial charge in [0.1, 0.15) is 4.36 Å². The van der Waals surface area contributed by atoms with E-state index in [9.17, 15) is 0 Å². The summed E-state index contributed by atoms with van der Waals surface area (Å²) in [5.74, 6) is 0. The molecule has 0 spiro atoms. The maximum absolute atomic E-state index is 5.88. The van der Waals surface area contributed by atoms with Gasteiger partial charge in [0.25, 0.3) is 0 Å². The molecule has 0 radical (unpaired) electrons. The number of fused-ring (bicyclic) bond motifs is 1. The van der Waals surface area contributed by atoms with Gasteiger partial charge in [-0.05, 0) is 30.1 Å². The van der Waals surface area contributed by atoms with Crippen LogP contribution in [0.25, 0.3) is 16.7 Å². The third-order valence-electron chi connectivity index (χ3n) is 2.46. The van der Waals surface area contributed by atoms with E-state index in [2.05, 4.69) is 15.3 Å². The summed E-state index contributed by atoms with van der Waals surface area (Å²) in [7, 11) is 1.85. The van der Waals surface area contributed by atoms with Crippen molar-refractivity contribution in [3.05, 3.63) is 34.5 Å². The number of anilines is 1. The number of nitrogens with one attached hydrogen (secondary N) is 1. The van der Waals surface area contributed by atoms with Crippen LogP contribution in [0, 0.1) is 0 Å². The highest BCUT2D eigenvalue weighted by Gasteiger charge is 2.08. The topological polar surface area (TPSA) is 89.8 Å². The summed E-state index contributed by atoms with van der Waals surface area (Å²) in [5, 5.41) is 9.37. The molecule has 5 nitrogen and oxygen atoms in total. The van der Waals surface area contributed by atoms with Crippen LogP contribution in [0.3, 0.4) is 0 Å². The van der Waals surface area contributed by atoms with E-state index in [1.165, 1.54) is 0 Å². The van der Waals surface area contributed by atoms with E-state index < -0.39 is 0 Å². The van der Waals surface area contributed by atoms with Crippen LogP contribution >= 0.6 is 23.5 Å². The Kier molecular flexibility index (Phi) is 3.90. The third kappa shape index (κ3) is 2.35. The van der Waals surface area contributed by atoms with E-state index in [0.29, 0.717) is 21.4 Å². The molecule has 0 amide bonds.